The molecule has 1 aliphatic heterocycles. The minimum absolute atomic E-state index is 0.378. The molecule has 2 rings (SSSR count). The number of nitrogens with zero attached hydrogens (tertiary/aromatic N) is 1. The third-order valence-corrected chi connectivity index (χ3v) is 5.16. The fourth-order valence-electron chi connectivity index (χ4n) is 3.12. The lowest BCUT2D eigenvalue weighted by molar-refractivity contribution is -0.155. The topological polar surface area (TPSA) is 105 Å². The van der Waals surface area contributed by atoms with Crippen molar-refractivity contribution >= 4 is 29.5 Å². The van der Waals surface area contributed by atoms with Crippen molar-refractivity contribution in [3.8, 4) is 0 Å². The molecule has 0 saturated carbocycles. The average molecular weight is 418 g/mol. The van der Waals surface area contributed by atoms with Gasteiger partial charge in [0, 0.05) is 5.69 Å². The Hall–Kier alpha value is -2.90. The lowest BCUT2D eigenvalue weighted by Crippen LogP contribution is -2.44. The summed E-state index contributed by atoms with van der Waals surface area (Å²) in [6.45, 7) is 8.65. The molecule has 1 heterocycles. The number of imide groups is 1. The summed E-state index contributed by atoms with van der Waals surface area (Å²) in [6.07, 6.45) is 1.06. The first kappa shape index (κ1) is 23.4. The second-order valence-electron chi connectivity index (χ2n) is 8.26. The molecule has 1 fully saturated rings. The van der Waals surface area contributed by atoms with Crippen LogP contribution >= 0.6 is 0 Å². The molecule has 0 radical (unpaired) electrons. The number of rotatable bonds is 9. The summed E-state index contributed by atoms with van der Waals surface area (Å²) in [4.78, 5) is 50.2. The molecule has 0 aliphatic carbocycles. The molecule has 2 N–H and O–H groups in total. The van der Waals surface area contributed by atoms with E-state index in [2.05, 4.69) is 10.6 Å². The van der Waals surface area contributed by atoms with Gasteiger partial charge >= 0.3 is 12.0 Å². The van der Waals surface area contributed by atoms with Crippen LogP contribution in [0.4, 0.5) is 10.5 Å². The molecule has 0 bridgehead atoms. The van der Waals surface area contributed by atoms with Crippen LogP contribution in [0.1, 0.15) is 53.0 Å². The van der Waals surface area contributed by atoms with Gasteiger partial charge in [-0.1, -0.05) is 32.9 Å². The monoisotopic (exact) mass is 417 g/mol. The zero-order valence-electron chi connectivity index (χ0n) is 18.3. The fourth-order valence-corrected chi connectivity index (χ4v) is 3.12. The third-order valence-electron chi connectivity index (χ3n) is 5.16. The van der Waals surface area contributed by atoms with Gasteiger partial charge in [0.05, 0.1) is 0 Å². The van der Waals surface area contributed by atoms with E-state index in [0.29, 0.717) is 18.0 Å². The Labute approximate surface area is 177 Å². The second kappa shape index (κ2) is 9.73. The van der Waals surface area contributed by atoms with Crippen LogP contribution in [0.15, 0.2) is 24.3 Å². The number of carbonyl (C=O) groups is 4. The summed E-state index contributed by atoms with van der Waals surface area (Å²) < 4.78 is 5.13. The zero-order chi connectivity index (χ0) is 22.5. The number of hydrogen-bond donors (Lipinski definition) is 2. The molecule has 8 nitrogen and oxygen atoms in total. The lowest BCUT2D eigenvalue weighted by Gasteiger charge is -2.22. The van der Waals surface area contributed by atoms with E-state index in [1.54, 1.807) is 19.1 Å². The predicted molar refractivity (Wildman–Crippen MR) is 113 cm³/mol. The van der Waals surface area contributed by atoms with Gasteiger partial charge in [0.1, 0.15) is 12.1 Å². The van der Waals surface area contributed by atoms with Gasteiger partial charge in [-0.15, -0.1) is 0 Å². The van der Waals surface area contributed by atoms with E-state index >= 15 is 0 Å². The summed E-state index contributed by atoms with van der Waals surface area (Å²) >= 11 is 0. The minimum Gasteiger partial charge on any atom is -0.451 e. The smallest absolute Gasteiger partial charge is 0.327 e. The van der Waals surface area contributed by atoms with Crippen LogP contribution in [0.25, 0.3) is 0 Å². The normalized spacial score (nSPS) is 19.6. The molecule has 1 aliphatic rings. The van der Waals surface area contributed by atoms with Gasteiger partial charge in [0.25, 0.3) is 11.8 Å². The molecule has 8 heteroatoms. The lowest BCUT2D eigenvalue weighted by atomic mass is 9.92. The summed E-state index contributed by atoms with van der Waals surface area (Å²) in [6, 6.07) is 6.73. The van der Waals surface area contributed by atoms with Crippen molar-refractivity contribution in [1.29, 1.82) is 0 Å². The van der Waals surface area contributed by atoms with Crippen LogP contribution < -0.4 is 10.6 Å². The molecule has 164 valence electrons. The highest BCUT2D eigenvalue weighted by Crippen LogP contribution is 2.24. The highest BCUT2D eigenvalue weighted by atomic mass is 16.5. The van der Waals surface area contributed by atoms with Crippen molar-refractivity contribution in [1.82, 2.24) is 10.2 Å². The maximum Gasteiger partial charge on any atom is 0.327 e. The number of ether oxygens (including phenoxy) is 1. The van der Waals surface area contributed by atoms with E-state index in [4.69, 9.17) is 4.74 Å². The fraction of sp³-hybridized carbons (Fsp3) is 0.545. The van der Waals surface area contributed by atoms with Crippen molar-refractivity contribution in [2.45, 2.75) is 65.5 Å². The van der Waals surface area contributed by atoms with Gasteiger partial charge in [0.15, 0.2) is 6.10 Å². The number of esters is 1. The van der Waals surface area contributed by atoms with Gasteiger partial charge in [-0.3, -0.25) is 19.3 Å². The maximum atomic E-state index is 12.7. The van der Waals surface area contributed by atoms with Crippen LogP contribution in [-0.2, 0) is 25.5 Å². The zero-order valence-corrected chi connectivity index (χ0v) is 18.3. The number of carbonyl (C=O) groups excluding carboxylic acids is 4. The highest BCUT2D eigenvalue weighted by molar-refractivity contribution is 6.08. The van der Waals surface area contributed by atoms with Gasteiger partial charge in [-0.2, -0.15) is 0 Å². The van der Waals surface area contributed by atoms with Gasteiger partial charge in [-0.25, -0.2) is 4.79 Å². The van der Waals surface area contributed by atoms with E-state index in [-0.39, 0.29) is 0 Å². The molecule has 4 amide bonds. The molecule has 1 aromatic rings. The third kappa shape index (κ3) is 5.81. The van der Waals surface area contributed by atoms with Crippen LogP contribution in [0.3, 0.4) is 0 Å². The molecular formula is C22H31N3O5. The second-order valence-corrected chi connectivity index (χ2v) is 8.26. The number of aryl methyl sites for hydroxylation is 1. The first-order valence-electron chi connectivity index (χ1n) is 10.3. The molecule has 2 atom stereocenters. The Morgan fingerprint density at radius 1 is 1.17 bits per heavy atom. The van der Waals surface area contributed by atoms with Crippen molar-refractivity contribution in [3.05, 3.63) is 29.8 Å². The predicted octanol–water partition coefficient (Wildman–Crippen LogP) is 2.87. The van der Waals surface area contributed by atoms with Crippen LogP contribution in [0.5, 0.6) is 0 Å². The molecule has 0 unspecified atom stereocenters. The van der Waals surface area contributed by atoms with Crippen LogP contribution in [0, 0.1) is 5.92 Å². The first-order valence-corrected chi connectivity index (χ1v) is 10.3. The van der Waals surface area contributed by atoms with E-state index in [1.807, 2.05) is 32.9 Å². The number of amides is 4. The van der Waals surface area contributed by atoms with E-state index in [9.17, 15) is 19.2 Å². The summed E-state index contributed by atoms with van der Waals surface area (Å²) in [5, 5.41) is 5.33. The number of urea groups is 1. The molecular weight excluding hydrogens is 386 g/mol. The Bertz CT molecular complexity index is 805. The SMILES string of the molecule is CCc1ccc(NC(=O)[C@H](C)OC(=O)CN2C(=O)N[C@@](C)(CCC(C)C)C2=O)cc1. The van der Waals surface area contributed by atoms with Gasteiger partial charge in [-0.05, 0) is 56.7 Å². The van der Waals surface area contributed by atoms with Crippen molar-refractivity contribution in [3.63, 3.8) is 0 Å². The Balaban J connectivity index is 1.90. The summed E-state index contributed by atoms with van der Waals surface area (Å²) in [5.41, 5.74) is 0.700. The standard InChI is InChI=1S/C22H31N3O5/c1-6-16-7-9-17(10-8-16)23-19(27)15(4)30-18(26)13-25-20(28)22(5,24-21(25)29)12-11-14(2)3/h7-10,14-15H,6,11-13H2,1-5H3,(H,23,27)(H,24,29)/t15-,22-/m0/s1. The molecule has 1 saturated heterocycles. The summed E-state index contributed by atoms with van der Waals surface area (Å²) in [5.74, 6) is -1.40. The quantitative estimate of drug-likeness (QED) is 0.475. The Morgan fingerprint density at radius 3 is 2.37 bits per heavy atom. The number of anilines is 1. The van der Waals surface area contributed by atoms with Gasteiger partial charge in [0.2, 0.25) is 0 Å². The minimum atomic E-state index is -1.07. The van der Waals surface area contributed by atoms with Crippen molar-refractivity contribution in [2.75, 3.05) is 11.9 Å². The van der Waals surface area contributed by atoms with E-state index in [0.717, 1.165) is 23.3 Å². The molecule has 1 aromatic carbocycles. The van der Waals surface area contributed by atoms with Gasteiger partial charge < -0.3 is 15.4 Å². The number of hydrogen-bond acceptors (Lipinski definition) is 5. The number of benzene rings is 1. The maximum absolute atomic E-state index is 12.7. The average Bonchev–Trinajstić information content (AvgIpc) is 2.90. The van der Waals surface area contributed by atoms with Crippen molar-refractivity contribution < 1.29 is 23.9 Å². The summed E-state index contributed by atoms with van der Waals surface area (Å²) in [7, 11) is 0. The first-order chi connectivity index (χ1) is 14.1. The molecule has 30 heavy (non-hydrogen) atoms. The van der Waals surface area contributed by atoms with Crippen LogP contribution in [0.2, 0.25) is 0 Å². The number of nitrogens with one attached hydrogen (secondary N) is 2. The molecule has 0 spiro atoms. The highest BCUT2D eigenvalue weighted by Gasteiger charge is 2.48. The van der Waals surface area contributed by atoms with Crippen molar-refractivity contribution in [2.24, 2.45) is 5.92 Å². The Kier molecular flexibility index (Phi) is 7.59. The largest absolute Gasteiger partial charge is 0.451 e. The Morgan fingerprint density at radius 2 is 1.80 bits per heavy atom. The van der Waals surface area contributed by atoms with Crippen LogP contribution in [-0.4, -0.2) is 46.9 Å². The van der Waals surface area contributed by atoms with E-state index in [1.165, 1.54) is 6.92 Å². The molecule has 0 aromatic heterocycles. The van der Waals surface area contributed by atoms with E-state index < -0.39 is 42.0 Å².